The average molecular weight is 370 g/mol. The highest BCUT2D eigenvalue weighted by Crippen LogP contribution is 2.30. The summed E-state index contributed by atoms with van der Waals surface area (Å²) in [7, 11) is 0. The van der Waals surface area contributed by atoms with E-state index in [2.05, 4.69) is 6.58 Å². The van der Waals surface area contributed by atoms with Gasteiger partial charge in [-0.1, -0.05) is 37.5 Å². The summed E-state index contributed by atoms with van der Waals surface area (Å²) in [5, 5.41) is 8.64. The fraction of sp³-hybridized carbons (Fsp3) is 0.478. The zero-order valence-electron chi connectivity index (χ0n) is 15.9. The molecule has 0 aliphatic heterocycles. The topological polar surface area (TPSA) is 63.6 Å². The third-order valence-electron chi connectivity index (χ3n) is 5.15. The third-order valence-corrected chi connectivity index (χ3v) is 5.15. The van der Waals surface area contributed by atoms with Crippen molar-refractivity contribution in [2.75, 3.05) is 0 Å². The van der Waals surface area contributed by atoms with Gasteiger partial charge in [-0.05, 0) is 68.2 Å². The van der Waals surface area contributed by atoms with E-state index in [0.29, 0.717) is 5.56 Å². The number of hydrogen-bond acceptors (Lipinski definition) is 3. The standard InChI is InChI=1S/C23H30O4/c1-2-3-4-5-6-7-18-10-15-21(16-11-18)27-23(26)20-13-8-19(9-14-20)12-17-22(24)25/h2,8-9,12-14,17-18,21H,1,3-7,10-11,15-16H2,(H,24,25)/b17-12+. The molecule has 1 aromatic rings. The van der Waals surface area contributed by atoms with Crippen LogP contribution in [0.2, 0.25) is 0 Å². The Morgan fingerprint density at radius 1 is 1.07 bits per heavy atom. The molecule has 4 nitrogen and oxygen atoms in total. The number of hydrogen-bond donors (Lipinski definition) is 1. The minimum absolute atomic E-state index is 0.0149. The molecule has 0 atom stereocenters. The Morgan fingerprint density at radius 2 is 1.78 bits per heavy atom. The smallest absolute Gasteiger partial charge is 0.338 e. The number of carboxylic acid groups (broad SMARTS) is 1. The second kappa shape index (κ2) is 11.4. The minimum Gasteiger partial charge on any atom is -0.478 e. The normalized spacial score (nSPS) is 19.7. The lowest BCUT2D eigenvalue weighted by molar-refractivity contribution is -0.131. The van der Waals surface area contributed by atoms with E-state index in [0.717, 1.165) is 49.7 Å². The number of allylic oxidation sites excluding steroid dienone is 1. The highest BCUT2D eigenvalue weighted by molar-refractivity contribution is 5.90. The van der Waals surface area contributed by atoms with E-state index in [9.17, 15) is 9.59 Å². The van der Waals surface area contributed by atoms with Gasteiger partial charge in [-0.2, -0.15) is 0 Å². The van der Waals surface area contributed by atoms with Crippen LogP contribution in [-0.2, 0) is 9.53 Å². The van der Waals surface area contributed by atoms with Gasteiger partial charge in [0.1, 0.15) is 6.10 Å². The summed E-state index contributed by atoms with van der Waals surface area (Å²) in [5.74, 6) is -0.522. The maximum Gasteiger partial charge on any atom is 0.338 e. The number of unbranched alkanes of at least 4 members (excludes halogenated alkanes) is 3. The fourth-order valence-corrected chi connectivity index (χ4v) is 3.55. The first kappa shape index (κ1) is 20.9. The summed E-state index contributed by atoms with van der Waals surface area (Å²) in [6.07, 6.45) is 14.9. The first-order valence-corrected chi connectivity index (χ1v) is 9.91. The summed E-state index contributed by atoms with van der Waals surface area (Å²) >= 11 is 0. The fourth-order valence-electron chi connectivity index (χ4n) is 3.55. The molecule has 27 heavy (non-hydrogen) atoms. The zero-order valence-corrected chi connectivity index (χ0v) is 15.9. The Balaban J connectivity index is 1.71. The van der Waals surface area contributed by atoms with Gasteiger partial charge in [-0.15, -0.1) is 6.58 Å². The Morgan fingerprint density at radius 3 is 2.41 bits per heavy atom. The molecule has 4 heteroatoms. The Labute approximate surface area is 161 Å². The van der Waals surface area contributed by atoms with Crippen molar-refractivity contribution in [3.63, 3.8) is 0 Å². The number of esters is 1. The lowest BCUT2D eigenvalue weighted by Crippen LogP contribution is -2.24. The van der Waals surface area contributed by atoms with Gasteiger partial charge >= 0.3 is 11.9 Å². The molecule has 1 aliphatic carbocycles. The van der Waals surface area contributed by atoms with E-state index in [4.69, 9.17) is 9.84 Å². The summed E-state index contributed by atoms with van der Waals surface area (Å²) in [5.41, 5.74) is 1.24. The van der Waals surface area contributed by atoms with Crippen LogP contribution < -0.4 is 0 Å². The molecule has 0 bridgehead atoms. The predicted molar refractivity (Wildman–Crippen MR) is 108 cm³/mol. The molecule has 0 aromatic heterocycles. The summed E-state index contributed by atoms with van der Waals surface area (Å²) in [6, 6.07) is 6.80. The predicted octanol–water partition coefficient (Wildman–Crippen LogP) is 5.64. The molecule has 0 spiro atoms. The maximum atomic E-state index is 12.3. The number of carbonyl (C=O) groups is 2. The van der Waals surface area contributed by atoms with E-state index >= 15 is 0 Å². The van der Waals surface area contributed by atoms with Crippen molar-refractivity contribution in [2.45, 2.75) is 63.9 Å². The van der Waals surface area contributed by atoms with Crippen molar-refractivity contribution >= 4 is 18.0 Å². The SMILES string of the molecule is C=CCCCCCC1CCC(OC(=O)c2ccc(/C=C/C(=O)O)cc2)CC1. The third kappa shape index (κ3) is 7.81. The molecule has 146 valence electrons. The van der Waals surface area contributed by atoms with Crippen LogP contribution in [0.3, 0.4) is 0 Å². The number of carboxylic acids is 1. The van der Waals surface area contributed by atoms with Crippen LogP contribution in [0.4, 0.5) is 0 Å². The van der Waals surface area contributed by atoms with E-state index in [1.807, 2.05) is 6.08 Å². The maximum absolute atomic E-state index is 12.3. The second-order valence-corrected chi connectivity index (χ2v) is 7.27. The molecule has 0 amide bonds. The molecule has 2 rings (SSSR count). The molecule has 1 N–H and O–H groups in total. The monoisotopic (exact) mass is 370 g/mol. The molecule has 0 saturated heterocycles. The van der Waals surface area contributed by atoms with Crippen molar-refractivity contribution < 1.29 is 19.4 Å². The van der Waals surface area contributed by atoms with Crippen LogP contribution in [0, 0.1) is 5.92 Å². The van der Waals surface area contributed by atoms with Gasteiger partial charge in [0, 0.05) is 6.08 Å². The van der Waals surface area contributed by atoms with Gasteiger partial charge in [0.15, 0.2) is 0 Å². The molecule has 1 saturated carbocycles. The van der Waals surface area contributed by atoms with Crippen LogP contribution in [0.15, 0.2) is 43.0 Å². The average Bonchev–Trinajstić information content (AvgIpc) is 2.68. The summed E-state index contributed by atoms with van der Waals surface area (Å²) < 4.78 is 5.66. The van der Waals surface area contributed by atoms with E-state index < -0.39 is 5.97 Å². The van der Waals surface area contributed by atoms with Gasteiger partial charge in [-0.3, -0.25) is 0 Å². The Kier molecular flexibility index (Phi) is 8.82. The Bertz CT molecular complexity index is 637. The molecule has 1 fully saturated rings. The van der Waals surface area contributed by atoms with Crippen LogP contribution >= 0.6 is 0 Å². The van der Waals surface area contributed by atoms with E-state index in [-0.39, 0.29) is 12.1 Å². The van der Waals surface area contributed by atoms with Gasteiger partial charge in [-0.25, -0.2) is 9.59 Å². The zero-order chi connectivity index (χ0) is 19.5. The first-order valence-electron chi connectivity index (χ1n) is 9.91. The number of benzene rings is 1. The van der Waals surface area contributed by atoms with Crippen LogP contribution in [0.5, 0.6) is 0 Å². The van der Waals surface area contributed by atoms with Crippen molar-refractivity contribution in [2.24, 2.45) is 5.92 Å². The van der Waals surface area contributed by atoms with E-state index in [1.54, 1.807) is 24.3 Å². The molecular formula is C23H30O4. The summed E-state index contributed by atoms with van der Waals surface area (Å²) in [4.78, 5) is 22.8. The lowest BCUT2D eigenvalue weighted by Gasteiger charge is -2.28. The van der Waals surface area contributed by atoms with Crippen LogP contribution in [0.25, 0.3) is 6.08 Å². The van der Waals surface area contributed by atoms with E-state index in [1.165, 1.54) is 31.8 Å². The number of ether oxygens (including phenoxy) is 1. The summed E-state index contributed by atoms with van der Waals surface area (Å²) in [6.45, 7) is 3.75. The van der Waals surface area contributed by atoms with Crippen molar-refractivity contribution in [3.05, 3.63) is 54.1 Å². The molecule has 1 aliphatic rings. The van der Waals surface area contributed by atoms with Crippen LogP contribution in [-0.4, -0.2) is 23.1 Å². The quantitative estimate of drug-likeness (QED) is 0.251. The number of carbonyl (C=O) groups excluding carboxylic acids is 1. The van der Waals surface area contributed by atoms with Crippen LogP contribution in [0.1, 0.15) is 73.7 Å². The number of aliphatic carboxylic acids is 1. The molecule has 0 heterocycles. The Hall–Kier alpha value is -2.36. The first-order chi connectivity index (χ1) is 13.1. The van der Waals surface area contributed by atoms with Gasteiger partial charge in [0.05, 0.1) is 5.56 Å². The van der Waals surface area contributed by atoms with Crippen molar-refractivity contribution in [1.29, 1.82) is 0 Å². The van der Waals surface area contributed by atoms with Gasteiger partial charge in [0.2, 0.25) is 0 Å². The second-order valence-electron chi connectivity index (χ2n) is 7.27. The molecular weight excluding hydrogens is 340 g/mol. The van der Waals surface area contributed by atoms with Crippen molar-refractivity contribution in [3.8, 4) is 0 Å². The molecule has 1 aromatic carbocycles. The van der Waals surface area contributed by atoms with Crippen molar-refractivity contribution in [1.82, 2.24) is 0 Å². The van der Waals surface area contributed by atoms with Gasteiger partial charge < -0.3 is 9.84 Å². The molecule has 0 radical (unpaired) electrons. The largest absolute Gasteiger partial charge is 0.478 e. The lowest BCUT2D eigenvalue weighted by atomic mass is 9.84. The minimum atomic E-state index is -0.995. The molecule has 0 unspecified atom stereocenters. The highest BCUT2D eigenvalue weighted by atomic mass is 16.5. The number of rotatable bonds is 10. The van der Waals surface area contributed by atoms with Gasteiger partial charge in [0.25, 0.3) is 0 Å². The highest BCUT2D eigenvalue weighted by Gasteiger charge is 2.24.